The second kappa shape index (κ2) is 13.0. The summed E-state index contributed by atoms with van der Waals surface area (Å²) in [5, 5.41) is 16.7. The highest BCUT2D eigenvalue weighted by atomic mass is 16.4. The third-order valence-electron chi connectivity index (χ3n) is 4.45. The van der Waals surface area contributed by atoms with Gasteiger partial charge in [0.25, 0.3) is 0 Å². The number of aromatic nitrogens is 2. The van der Waals surface area contributed by atoms with Crippen LogP contribution in [-0.2, 0) is 30.4 Å². The van der Waals surface area contributed by atoms with Crippen molar-refractivity contribution in [3.8, 4) is 0 Å². The molecule has 1 rings (SSSR count). The quantitative estimate of drug-likeness (QED) is 0.163. The first-order valence-corrected chi connectivity index (χ1v) is 10.1. The lowest BCUT2D eigenvalue weighted by molar-refractivity contribution is -0.142. The van der Waals surface area contributed by atoms with Crippen LogP contribution in [0.15, 0.2) is 12.5 Å². The zero-order valence-electron chi connectivity index (χ0n) is 18.1. The van der Waals surface area contributed by atoms with E-state index in [0.29, 0.717) is 12.1 Å². The van der Waals surface area contributed by atoms with E-state index in [2.05, 4.69) is 25.9 Å². The number of carboxylic acid groups (broad SMARTS) is 1. The largest absolute Gasteiger partial charge is 0.480 e. The minimum absolute atomic E-state index is 0.0149. The van der Waals surface area contributed by atoms with E-state index in [1.54, 1.807) is 0 Å². The molecule has 0 aliphatic rings. The van der Waals surface area contributed by atoms with Crippen molar-refractivity contribution in [1.29, 1.82) is 0 Å². The van der Waals surface area contributed by atoms with Gasteiger partial charge in [-0.25, -0.2) is 9.78 Å². The number of hydrogen-bond acceptors (Lipinski definition) is 7. The molecule has 0 saturated carbocycles. The second-order valence-electron chi connectivity index (χ2n) is 7.70. The summed E-state index contributed by atoms with van der Waals surface area (Å²) in [6.07, 6.45) is 2.68. The number of nitrogens with one attached hydrogen (secondary N) is 4. The summed E-state index contributed by atoms with van der Waals surface area (Å²) in [6.45, 7) is 3.42. The van der Waals surface area contributed by atoms with Crippen LogP contribution in [0.25, 0.3) is 0 Å². The van der Waals surface area contributed by atoms with Gasteiger partial charge in [-0.15, -0.1) is 0 Å². The number of aromatic amines is 1. The lowest BCUT2D eigenvalue weighted by atomic mass is 10.0. The topological polar surface area (TPSA) is 222 Å². The molecule has 0 saturated heterocycles. The van der Waals surface area contributed by atoms with Gasteiger partial charge in [0, 0.05) is 24.7 Å². The minimum Gasteiger partial charge on any atom is -0.480 e. The molecule has 3 atom stereocenters. The molecular weight excluding hydrogens is 422 g/mol. The molecule has 0 bridgehead atoms. The molecule has 0 aliphatic carbocycles. The first-order chi connectivity index (χ1) is 15.0. The molecule has 13 heteroatoms. The van der Waals surface area contributed by atoms with Gasteiger partial charge in [0.15, 0.2) is 0 Å². The summed E-state index contributed by atoms with van der Waals surface area (Å²) in [5.41, 5.74) is 10.9. The fraction of sp³-hybridized carbons (Fsp3) is 0.579. The van der Waals surface area contributed by atoms with E-state index < -0.39 is 47.7 Å². The Labute approximate surface area is 185 Å². The summed E-state index contributed by atoms with van der Waals surface area (Å²) in [6, 6.07) is -3.49. The molecule has 1 aromatic rings. The highest BCUT2D eigenvalue weighted by Gasteiger charge is 2.30. The average Bonchev–Trinajstić information content (AvgIpc) is 3.22. The highest BCUT2D eigenvalue weighted by Crippen LogP contribution is 2.07. The molecule has 32 heavy (non-hydrogen) atoms. The van der Waals surface area contributed by atoms with Gasteiger partial charge >= 0.3 is 5.97 Å². The third kappa shape index (κ3) is 9.55. The summed E-state index contributed by atoms with van der Waals surface area (Å²) in [7, 11) is 0. The second-order valence-corrected chi connectivity index (χ2v) is 7.70. The van der Waals surface area contributed by atoms with E-state index in [1.165, 1.54) is 12.5 Å². The van der Waals surface area contributed by atoms with Crippen molar-refractivity contribution in [1.82, 2.24) is 25.9 Å². The Kier molecular flexibility index (Phi) is 10.8. The number of amides is 4. The van der Waals surface area contributed by atoms with Crippen molar-refractivity contribution >= 4 is 29.6 Å². The van der Waals surface area contributed by atoms with Gasteiger partial charge in [-0.1, -0.05) is 13.8 Å². The van der Waals surface area contributed by atoms with Gasteiger partial charge < -0.3 is 37.5 Å². The van der Waals surface area contributed by atoms with Crippen molar-refractivity contribution in [2.75, 3.05) is 6.54 Å². The summed E-state index contributed by atoms with van der Waals surface area (Å²) in [5.74, 6) is -3.94. The number of carbonyl (C=O) groups is 5. The Hall–Kier alpha value is -3.48. The molecule has 1 heterocycles. The maximum absolute atomic E-state index is 12.9. The molecule has 0 aliphatic heterocycles. The van der Waals surface area contributed by atoms with Crippen molar-refractivity contribution in [2.24, 2.45) is 17.4 Å². The average molecular weight is 454 g/mol. The lowest BCUT2D eigenvalue weighted by Gasteiger charge is -2.25. The number of primary amides is 1. The van der Waals surface area contributed by atoms with Crippen LogP contribution < -0.4 is 27.4 Å². The van der Waals surface area contributed by atoms with Crippen LogP contribution in [0.3, 0.4) is 0 Å². The molecule has 1 aromatic heterocycles. The molecular formula is C19H31N7O6. The third-order valence-corrected chi connectivity index (χ3v) is 4.45. The van der Waals surface area contributed by atoms with E-state index in [0.717, 1.165) is 0 Å². The van der Waals surface area contributed by atoms with Gasteiger partial charge in [0.1, 0.15) is 18.1 Å². The predicted octanol–water partition coefficient (Wildman–Crippen LogP) is -2.24. The summed E-state index contributed by atoms with van der Waals surface area (Å²) >= 11 is 0. The van der Waals surface area contributed by atoms with E-state index in [9.17, 15) is 29.1 Å². The van der Waals surface area contributed by atoms with Crippen molar-refractivity contribution in [3.05, 3.63) is 18.2 Å². The van der Waals surface area contributed by atoms with Crippen LogP contribution in [0.5, 0.6) is 0 Å². The maximum Gasteiger partial charge on any atom is 0.326 e. The number of carboxylic acids is 1. The zero-order chi connectivity index (χ0) is 24.3. The number of carbonyl (C=O) groups excluding carboxylic acids is 4. The fourth-order valence-electron chi connectivity index (χ4n) is 2.87. The highest BCUT2D eigenvalue weighted by molar-refractivity contribution is 5.93. The number of nitrogens with zero attached hydrogens (tertiary/aromatic N) is 1. The number of nitrogens with two attached hydrogens (primary N) is 2. The van der Waals surface area contributed by atoms with Gasteiger partial charge in [-0.3, -0.25) is 19.2 Å². The molecule has 0 radical (unpaired) electrons. The number of H-pyrrole nitrogens is 1. The van der Waals surface area contributed by atoms with Crippen LogP contribution in [0.1, 0.15) is 38.8 Å². The Balaban J connectivity index is 3.01. The number of imidazole rings is 1. The molecule has 4 amide bonds. The minimum atomic E-state index is -1.38. The van der Waals surface area contributed by atoms with E-state index in [4.69, 9.17) is 11.5 Å². The van der Waals surface area contributed by atoms with Crippen molar-refractivity contribution in [3.63, 3.8) is 0 Å². The van der Waals surface area contributed by atoms with Crippen molar-refractivity contribution < 1.29 is 29.1 Å². The molecule has 9 N–H and O–H groups in total. The first kappa shape index (κ1) is 26.6. The predicted molar refractivity (Wildman–Crippen MR) is 113 cm³/mol. The zero-order valence-corrected chi connectivity index (χ0v) is 18.1. The van der Waals surface area contributed by atoms with Crippen LogP contribution in [0.2, 0.25) is 0 Å². The Morgan fingerprint density at radius 3 is 2.19 bits per heavy atom. The van der Waals surface area contributed by atoms with E-state index in [1.807, 2.05) is 13.8 Å². The van der Waals surface area contributed by atoms with Gasteiger partial charge in [-0.2, -0.15) is 0 Å². The van der Waals surface area contributed by atoms with E-state index >= 15 is 0 Å². The van der Waals surface area contributed by atoms with Gasteiger partial charge in [0.05, 0.1) is 12.9 Å². The molecule has 178 valence electrons. The normalized spacial score (nSPS) is 13.6. The number of aliphatic carboxylic acids is 1. The summed E-state index contributed by atoms with van der Waals surface area (Å²) in [4.78, 5) is 66.5. The molecule has 0 fully saturated rings. The number of hydrogen-bond donors (Lipinski definition) is 7. The monoisotopic (exact) mass is 453 g/mol. The van der Waals surface area contributed by atoms with Gasteiger partial charge in [-0.05, 0) is 18.8 Å². The maximum atomic E-state index is 12.9. The first-order valence-electron chi connectivity index (χ1n) is 10.1. The van der Waals surface area contributed by atoms with Gasteiger partial charge in [0.2, 0.25) is 23.6 Å². The smallest absolute Gasteiger partial charge is 0.326 e. The van der Waals surface area contributed by atoms with Crippen LogP contribution >= 0.6 is 0 Å². The van der Waals surface area contributed by atoms with Crippen LogP contribution in [0, 0.1) is 5.92 Å². The van der Waals surface area contributed by atoms with Crippen molar-refractivity contribution in [2.45, 2.75) is 57.7 Å². The van der Waals surface area contributed by atoms with E-state index in [-0.39, 0.29) is 31.7 Å². The SMILES string of the molecule is CC(C)CC(NC(=O)CN)C(=O)NC(Cc1cnc[nH]1)C(=O)NC(CCC(N)=O)C(=O)O. The Bertz CT molecular complexity index is 796. The van der Waals surface area contributed by atoms with Crippen LogP contribution in [-0.4, -0.2) is 69.3 Å². The summed E-state index contributed by atoms with van der Waals surface area (Å²) < 4.78 is 0. The molecule has 13 nitrogen and oxygen atoms in total. The van der Waals surface area contributed by atoms with Crippen LogP contribution in [0.4, 0.5) is 0 Å². The fourth-order valence-corrected chi connectivity index (χ4v) is 2.87. The standard InChI is InChI=1S/C19H31N7O6/c1-10(2)5-13(24-16(28)7-20)17(29)26-14(6-11-8-22-9-23-11)18(30)25-12(19(31)32)3-4-15(21)27/h8-10,12-14H,3-7,20H2,1-2H3,(H2,21,27)(H,22,23)(H,24,28)(H,25,30)(H,26,29)(H,31,32). The molecule has 3 unspecified atom stereocenters. The Morgan fingerprint density at radius 1 is 1.06 bits per heavy atom. The Morgan fingerprint density at radius 2 is 1.69 bits per heavy atom. The molecule has 0 aromatic carbocycles. The molecule has 0 spiro atoms. The number of rotatable bonds is 14. The lowest BCUT2D eigenvalue weighted by Crippen LogP contribution is -2.57.